The van der Waals surface area contributed by atoms with Gasteiger partial charge in [-0.25, -0.2) is 0 Å². The molecule has 1 fully saturated rings. The molecule has 0 aliphatic carbocycles. The summed E-state index contributed by atoms with van der Waals surface area (Å²) in [5, 5.41) is 9.74. The molecule has 2 rings (SSSR count). The lowest BCUT2D eigenvalue weighted by atomic mass is 9.97. The number of nitrogens with one attached hydrogen (secondary N) is 1. The lowest BCUT2D eigenvalue weighted by Crippen LogP contribution is -2.32. The molecule has 62 valence electrons. The molecule has 3 nitrogen and oxygen atoms in total. The zero-order chi connectivity index (χ0) is 7.68. The fourth-order valence-corrected chi connectivity index (χ4v) is 2.03. The van der Waals surface area contributed by atoms with E-state index in [1.54, 1.807) is 0 Å². The molecule has 11 heavy (non-hydrogen) atoms. The minimum atomic E-state index is 0.671. The first kappa shape index (κ1) is 7.10. The van der Waals surface area contributed by atoms with E-state index in [-0.39, 0.29) is 0 Å². The van der Waals surface area contributed by atoms with Crippen LogP contribution in [0.4, 0.5) is 0 Å². The number of nitrogens with zero attached hydrogens (tertiary/aromatic N) is 2. The maximum atomic E-state index is 4.24. The zero-order valence-corrected chi connectivity index (χ0v) is 6.95. The molecule has 0 bridgehead atoms. The summed E-state index contributed by atoms with van der Waals surface area (Å²) in [5.41, 5.74) is 0. The van der Waals surface area contributed by atoms with Gasteiger partial charge in [0.05, 0.1) is 6.04 Å². The summed E-state index contributed by atoms with van der Waals surface area (Å²) < 4.78 is 0. The first-order chi connectivity index (χ1) is 5.38. The molecule has 0 aromatic rings. The third-order valence-corrected chi connectivity index (χ3v) is 2.73. The van der Waals surface area contributed by atoms with Gasteiger partial charge < -0.3 is 5.32 Å². The van der Waals surface area contributed by atoms with Crippen LogP contribution >= 0.6 is 0 Å². The number of hydrazone groups is 1. The van der Waals surface area contributed by atoms with E-state index in [9.17, 15) is 0 Å². The summed E-state index contributed by atoms with van der Waals surface area (Å²) in [6.07, 6.45) is 4.49. The van der Waals surface area contributed by atoms with Crippen molar-refractivity contribution < 1.29 is 0 Å². The highest BCUT2D eigenvalue weighted by molar-refractivity contribution is 5.59. The normalized spacial score (nSPS) is 37.0. The molecule has 0 amide bonds. The average molecular weight is 153 g/mol. The van der Waals surface area contributed by atoms with Gasteiger partial charge in [-0.1, -0.05) is 0 Å². The lowest BCUT2D eigenvalue weighted by Gasteiger charge is -2.24. The predicted octanol–water partition coefficient (Wildman–Crippen LogP) is 0.286. The van der Waals surface area contributed by atoms with Gasteiger partial charge in [-0.2, -0.15) is 5.10 Å². The van der Waals surface area contributed by atoms with Crippen LogP contribution in [0.2, 0.25) is 0 Å². The van der Waals surface area contributed by atoms with Crippen LogP contribution < -0.4 is 5.32 Å². The zero-order valence-electron chi connectivity index (χ0n) is 6.95. The van der Waals surface area contributed by atoms with Crippen LogP contribution in [0.15, 0.2) is 5.10 Å². The molecule has 2 aliphatic heterocycles. The molecular formula is C8H15N3. The molecule has 1 saturated heterocycles. The van der Waals surface area contributed by atoms with Gasteiger partial charge in [-0.3, -0.25) is 5.01 Å². The molecule has 2 aliphatic rings. The first-order valence-corrected chi connectivity index (χ1v) is 4.34. The fourth-order valence-electron chi connectivity index (χ4n) is 2.03. The van der Waals surface area contributed by atoms with Crippen LogP contribution in [0, 0.1) is 5.92 Å². The van der Waals surface area contributed by atoms with Gasteiger partial charge in [0, 0.05) is 26.2 Å². The van der Waals surface area contributed by atoms with E-state index >= 15 is 0 Å². The van der Waals surface area contributed by atoms with Crippen molar-refractivity contribution in [3.05, 3.63) is 0 Å². The topological polar surface area (TPSA) is 27.6 Å². The van der Waals surface area contributed by atoms with Crippen molar-refractivity contribution in [1.82, 2.24) is 10.3 Å². The average Bonchev–Trinajstić information content (AvgIpc) is 2.55. The van der Waals surface area contributed by atoms with E-state index in [4.69, 9.17) is 0 Å². The highest BCUT2D eigenvalue weighted by Crippen LogP contribution is 2.22. The van der Waals surface area contributed by atoms with Gasteiger partial charge in [0.2, 0.25) is 0 Å². The van der Waals surface area contributed by atoms with Crippen LogP contribution in [0.5, 0.6) is 0 Å². The van der Waals surface area contributed by atoms with Crippen molar-refractivity contribution in [2.45, 2.75) is 18.9 Å². The summed E-state index contributed by atoms with van der Waals surface area (Å²) in [4.78, 5) is 0. The van der Waals surface area contributed by atoms with E-state index in [1.807, 2.05) is 6.21 Å². The fraction of sp³-hybridized carbons (Fsp3) is 0.875. The van der Waals surface area contributed by atoms with Gasteiger partial charge in [0.15, 0.2) is 0 Å². The largest absolute Gasteiger partial charge is 0.316 e. The summed E-state index contributed by atoms with van der Waals surface area (Å²) >= 11 is 0. The standard InChI is InChI=1S/C8H15N3/c1-11-8(3-5-10-11)7-2-4-9-6-7/h5,7-9H,2-4,6H2,1H3. The van der Waals surface area contributed by atoms with E-state index in [0.717, 1.165) is 12.3 Å². The Kier molecular flexibility index (Phi) is 1.82. The van der Waals surface area contributed by atoms with Crippen molar-refractivity contribution in [3.63, 3.8) is 0 Å². The van der Waals surface area contributed by atoms with Crippen molar-refractivity contribution in [1.29, 1.82) is 0 Å². The molecule has 2 unspecified atom stereocenters. The Bertz CT molecular complexity index is 161. The van der Waals surface area contributed by atoms with Gasteiger partial charge in [0.25, 0.3) is 0 Å². The van der Waals surface area contributed by atoms with Gasteiger partial charge >= 0.3 is 0 Å². The first-order valence-electron chi connectivity index (χ1n) is 4.34. The monoisotopic (exact) mass is 153 g/mol. The van der Waals surface area contributed by atoms with Crippen molar-refractivity contribution in [2.24, 2.45) is 11.0 Å². The smallest absolute Gasteiger partial charge is 0.0558 e. The Morgan fingerprint density at radius 2 is 2.55 bits per heavy atom. The minimum Gasteiger partial charge on any atom is -0.316 e. The molecule has 0 spiro atoms. The molecule has 3 heteroatoms. The van der Waals surface area contributed by atoms with Crippen molar-refractivity contribution in [2.75, 3.05) is 20.1 Å². The number of hydrogen-bond donors (Lipinski definition) is 1. The number of rotatable bonds is 1. The van der Waals surface area contributed by atoms with E-state index in [1.165, 1.54) is 19.5 Å². The summed E-state index contributed by atoms with van der Waals surface area (Å²) in [5.74, 6) is 0.822. The highest BCUT2D eigenvalue weighted by Gasteiger charge is 2.29. The SMILES string of the molecule is CN1N=CCC1C1CCNC1. The Balaban J connectivity index is 1.94. The Morgan fingerprint density at radius 3 is 3.09 bits per heavy atom. The van der Waals surface area contributed by atoms with E-state index in [0.29, 0.717) is 6.04 Å². The molecule has 0 aromatic heterocycles. The molecule has 1 N–H and O–H groups in total. The van der Waals surface area contributed by atoms with Gasteiger partial charge in [-0.05, 0) is 18.9 Å². The molecule has 2 heterocycles. The predicted molar refractivity (Wildman–Crippen MR) is 45.6 cm³/mol. The summed E-state index contributed by atoms with van der Waals surface area (Å²) in [6, 6.07) is 0.671. The van der Waals surface area contributed by atoms with E-state index < -0.39 is 0 Å². The molecule has 0 saturated carbocycles. The number of hydrogen-bond acceptors (Lipinski definition) is 3. The highest BCUT2D eigenvalue weighted by atomic mass is 15.5. The van der Waals surface area contributed by atoms with Crippen LogP contribution in [-0.4, -0.2) is 37.4 Å². The van der Waals surface area contributed by atoms with Gasteiger partial charge in [0.1, 0.15) is 0 Å². The summed E-state index contributed by atoms with van der Waals surface area (Å²) in [7, 11) is 2.08. The van der Waals surface area contributed by atoms with Crippen molar-refractivity contribution in [3.8, 4) is 0 Å². The Morgan fingerprint density at radius 1 is 1.64 bits per heavy atom. The quantitative estimate of drug-likeness (QED) is 0.586. The van der Waals surface area contributed by atoms with Gasteiger partial charge in [-0.15, -0.1) is 0 Å². The van der Waals surface area contributed by atoms with Crippen LogP contribution in [0.1, 0.15) is 12.8 Å². The summed E-state index contributed by atoms with van der Waals surface area (Å²) in [6.45, 7) is 2.37. The Hall–Kier alpha value is -0.570. The van der Waals surface area contributed by atoms with Crippen LogP contribution in [-0.2, 0) is 0 Å². The Labute approximate surface area is 67.5 Å². The lowest BCUT2D eigenvalue weighted by molar-refractivity contribution is 0.217. The van der Waals surface area contributed by atoms with Crippen molar-refractivity contribution >= 4 is 6.21 Å². The second kappa shape index (κ2) is 2.81. The maximum Gasteiger partial charge on any atom is 0.0558 e. The molecule has 0 aromatic carbocycles. The molecular weight excluding hydrogens is 138 g/mol. The van der Waals surface area contributed by atoms with E-state index in [2.05, 4.69) is 22.5 Å². The third kappa shape index (κ3) is 1.25. The molecule has 2 atom stereocenters. The molecule has 0 radical (unpaired) electrons. The second-order valence-electron chi connectivity index (χ2n) is 3.43. The van der Waals surface area contributed by atoms with Crippen LogP contribution in [0.25, 0.3) is 0 Å². The van der Waals surface area contributed by atoms with Crippen LogP contribution in [0.3, 0.4) is 0 Å². The minimum absolute atomic E-state index is 0.671. The maximum absolute atomic E-state index is 4.24. The second-order valence-corrected chi connectivity index (χ2v) is 3.43. The third-order valence-electron chi connectivity index (χ3n) is 2.73.